The Morgan fingerprint density at radius 1 is 1.30 bits per heavy atom. The summed E-state index contributed by atoms with van der Waals surface area (Å²) in [5, 5.41) is 0. The quantitative estimate of drug-likeness (QED) is 0.752. The van der Waals surface area contributed by atoms with Crippen LogP contribution >= 0.6 is 15.9 Å². The number of hydrogen-bond acceptors (Lipinski definition) is 3. The van der Waals surface area contributed by atoms with Crippen molar-refractivity contribution in [3.63, 3.8) is 0 Å². The number of rotatable bonds is 5. The lowest BCUT2D eigenvalue weighted by atomic mass is 9.89. The third kappa shape index (κ3) is 4.06. The molecule has 1 aliphatic rings. The van der Waals surface area contributed by atoms with Gasteiger partial charge in [-0.15, -0.1) is 0 Å². The fourth-order valence-electron chi connectivity index (χ4n) is 2.51. The number of carbonyl (C=O) groups is 1. The maximum Gasteiger partial charge on any atom is 0.188 e. The van der Waals surface area contributed by atoms with Crippen LogP contribution in [0.3, 0.4) is 0 Å². The van der Waals surface area contributed by atoms with Crippen LogP contribution in [0.25, 0.3) is 0 Å². The van der Waals surface area contributed by atoms with Crippen molar-refractivity contribution >= 4 is 21.7 Å². The molecule has 110 valence electrons. The van der Waals surface area contributed by atoms with E-state index in [1.807, 2.05) is 0 Å². The van der Waals surface area contributed by atoms with Gasteiger partial charge in [-0.05, 0) is 65.7 Å². The Kier molecular flexibility index (Phi) is 5.61. The van der Waals surface area contributed by atoms with E-state index in [1.165, 1.54) is 12.8 Å². The van der Waals surface area contributed by atoms with E-state index >= 15 is 0 Å². The molecule has 0 amide bonds. The lowest BCUT2D eigenvalue weighted by Gasteiger charge is -2.26. The first-order valence-corrected chi connectivity index (χ1v) is 7.87. The van der Waals surface area contributed by atoms with E-state index in [9.17, 15) is 4.79 Å². The Morgan fingerprint density at radius 2 is 2.00 bits per heavy atom. The summed E-state index contributed by atoms with van der Waals surface area (Å²) in [6.45, 7) is 2.44. The highest BCUT2D eigenvalue weighted by Crippen LogP contribution is 2.27. The molecule has 0 aromatic heterocycles. The third-order valence-corrected chi connectivity index (χ3v) is 4.51. The second-order valence-corrected chi connectivity index (χ2v) is 6.32. The highest BCUT2D eigenvalue weighted by atomic mass is 79.9. The summed E-state index contributed by atoms with van der Waals surface area (Å²) in [4.78, 5) is 12.1. The summed E-state index contributed by atoms with van der Waals surface area (Å²) in [6.07, 6.45) is 4.79. The summed E-state index contributed by atoms with van der Waals surface area (Å²) in [7, 11) is 1.61. The summed E-state index contributed by atoms with van der Waals surface area (Å²) >= 11 is 3.39. The molecule has 1 saturated carbocycles. The van der Waals surface area contributed by atoms with Crippen molar-refractivity contribution in [3.05, 3.63) is 28.2 Å². The number of hydrogen-bond donors (Lipinski definition) is 0. The number of Topliss-reactive ketones (excluding diaryl/α,β-unsaturated/α-hetero) is 1. The molecule has 0 unspecified atom stereocenters. The molecule has 0 N–H and O–H groups in total. The van der Waals surface area contributed by atoms with Gasteiger partial charge in [0, 0.05) is 5.56 Å². The molecule has 0 bridgehead atoms. The maximum absolute atomic E-state index is 12.1. The lowest BCUT2D eigenvalue weighted by Crippen LogP contribution is -2.23. The molecule has 0 aliphatic heterocycles. The third-order valence-electron chi connectivity index (χ3n) is 3.89. The van der Waals surface area contributed by atoms with Gasteiger partial charge in [-0.1, -0.05) is 6.92 Å². The molecule has 2 rings (SSSR count). The van der Waals surface area contributed by atoms with Crippen LogP contribution in [-0.2, 0) is 4.74 Å². The largest absolute Gasteiger partial charge is 0.496 e. The van der Waals surface area contributed by atoms with E-state index < -0.39 is 0 Å². The molecule has 1 aromatic rings. The molecule has 1 aliphatic carbocycles. The van der Waals surface area contributed by atoms with Crippen LogP contribution in [0.4, 0.5) is 0 Å². The number of carbonyl (C=O) groups excluding carboxylic acids is 1. The van der Waals surface area contributed by atoms with Gasteiger partial charge in [-0.25, -0.2) is 0 Å². The van der Waals surface area contributed by atoms with Gasteiger partial charge in [-0.3, -0.25) is 4.79 Å². The molecule has 20 heavy (non-hydrogen) atoms. The average molecular weight is 341 g/mol. The zero-order valence-corrected chi connectivity index (χ0v) is 13.6. The first-order valence-electron chi connectivity index (χ1n) is 7.08. The van der Waals surface area contributed by atoms with E-state index in [2.05, 4.69) is 22.9 Å². The minimum absolute atomic E-state index is 0.0203. The topological polar surface area (TPSA) is 35.5 Å². The van der Waals surface area contributed by atoms with Gasteiger partial charge in [0.2, 0.25) is 0 Å². The van der Waals surface area contributed by atoms with Crippen LogP contribution in [0.5, 0.6) is 5.75 Å². The standard InChI is InChI=1S/C16H21BrO3/c1-11-3-6-13(7-4-11)20-10-15(18)12-5-8-16(19-2)14(17)9-12/h5,8-9,11,13H,3-4,6-7,10H2,1-2H3. The Labute approximate surface area is 128 Å². The van der Waals surface area contributed by atoms with E-state index in [0.29, 0.717) is 5.56 Å². The zero-order valence-electron chi connectivity index (χ0n) is 12.0. The van der Waals surface area contributed by atoms with Crippen LogP contribution in [0.2, 0.25) is 0 Å². The number of ketones is 1. The molecular formula is C16H21BrO3. The predicted octanol–water partition coefficient (Wildman–Crippen LogP) is 4.24. The Hall–Kier alpha value is -0.870. The van der Waals surface area contributed by atoms with Crippen molar-refractivity contribution in [3.8, 4) is 5.75 Å². The smallest absolute Gasteiger partial charge is 0.188 e. The van der Waals surface area contributed by atoms with Crippen molar-refractivity contribution in [1.82, 2.24) is 0 Å². The monoisotopic (exact) mass is 340 g/mol. The maximum atomic E-state index is 12.1. The van der Waals surface area contributed by atoms with Gasteiger partial charge >= 0.3 is 0 Å². The van der Waals surface area contributed by atoms with Crippen LogP contribution in [0.1, 0.15) is 43.0 Å². The zero-order chi connectivity index (χ0) is 14.5. The molecule has 0 atom stereocenters. The van der Waals surface area contributed by atoms with Crippen molar-refractivity contribution in [1.29, 1.82) is 0 Å². The van der Waals surface area contributed by atoms with Crippen molar-refractivity contribution < 1.29 is 14.3 Å². The fourth-order valence-corrected chi connectivity index (χ4v) is 3.05. The number of methoxy groups -OCH3 is 1. The van der Waals surface area contributed by atoms with Crippen LogP contribution in [-0.4, -0.2) is 25.6 Å². The van der Waals surface area contributed by atoms with Crippen molar-refractivity contribution in [2.24, 2.45) is 5.92 Å². The van der Waals surface area contributed by atoms with E-state index in [4.69, 9.17) is 9.47 Å². The normalized spacial score (nSPS) is 22.6. The SMILES string of the molecule is COc1ccc(C(=O)COC2CCC(C)CC2)cc1Br. The molecular weight excluding hydrogens is 320 g/mol. The van der Waals surface area contributed by atoms with Crippen molar-refractivity contribution in [2.75, 3.05) is 13.7 Å². The second-order valence-electron chi connectivity index (χ2n) is 5.47. The molecule has 0 heterocycles. The van der Waals surface area contributed by atoms with Gasteiger partial charge < -0.3 is 9.47 Å². The van der Waals surface area contributed by atoms with E-state index in [1.54, 1.807) is 25.3 Å². The Morgan fingerprint density at radius 3 is 2.60 bits per heavy atom. The molecule has 3 nitrogen and oxygen atoms in total. The van der Waals surface area contributed by atoms with Gasteiger partial charge in [0.25, 0.3) is 0 Å². The summed E-state index contributed by atoms with van der Waals surface area (Å²) in [5.74, 6) is 1.54. The Bertz CT molecular complexity index is 465. The minimum Gasteiger partial charge on any atom is -0.496 e. The minimum atomic E-state index is 0.0203. The fraction of sp³-hybridized carbons (Fsp3) is 0.562. The second kappa shape index (κ2) is 7.23. The lowest BCUT2D eigenvalue weighted by molar-refractivity contribution is 0.0217. The predicted molar refractivity (Wildman–Crippen MR) is 82.4 cm³/mol. The summed E-state index contributed by atoms with van der Waals surface area (Å²) in [5.41, 5.74) is 0.654. The van der Waals surface area contributed by atoms with Gasteiger partial charge in [0.05, 0.1) is 17.7 Å². The molecule has 1 fully saturated rings. The number of benzene rings is 1. The molecule has 0 radical (unpaired) electrons. The van der Waals surface area contributed by atoms with Gasteiger partial charge in [0.1, 0.15) is 12.4 Å². The van der Waals surface area contributed by atoms with E-state index in [-0.39, 0.29) is 18.5 Å². The number of halogens is 1. The first-order chi connectivity index (χ1) is 9.60. The molecule has 0 saturated heterocycles. The molecule has 0 spiro atoms. The summed E-state index contributed by atoms with van der Waals surface area (Å²) < 4.78 is 11.7. The van der Waals surface area contributed by atoms with Gasteiger partial charge in [-0.2, -0.15) is 0 Å². The Balaban J connectivity index is 1.87. The summed E-state index contributed by atoms with van der Waals surface area (Å²) in [6, 6.07) is 5.35. The van der Waals surface area contributed by atoms with E-state index in [0.717, 1.165) is 29.0 Å². The average Bonchev–Trinajstić information content (AvgIpc) is 2.46. The molecule has 1 aromatic carbocycles. The van der Waals surface area contributed by atoms with Crippen molar-refractivity contribution in [2.45, 2.75) is 38.7 Å². The van der Waals surface area contributed by atoms with Crippen LogP contribution in [0, 0.1) is 5.92 Å². The first kappa shape index (κ1) is 15.5. The van der Waals surface area contributed by atoms with Gasteiger partial charge in [0.15, 0.2) is 5.78 Å². The highest BCUT2D eigenvalue weighted by Gasteiger charge is 2.20. The highest BCUT2D eigenvalue weighted by molar-refractivity contribution is 9.10. The van der Waals surface area contributed by atoms with Crippen LogP contribution < -0.4 is 4.74 Å². The molecule has 4 heteroatoms. The number of ether oxygens (including phenoxy) is 2. The van der Waals surface area contributed by atoms with Crippen LogP contribution in [0.15, 0.2) is 22.7 Å².